The lowest BCUT2D eigenvalue weighted by Crippen LogP contribution is -2.13. The Morgan fingerprint density at radius 1 is 1.17 bits per heavy atom. The SMILES string of the molecule is Cc1ccc2c(c1)c(NC(=O)c1cocn1)nn2Cc1ccc(C(F)(F)F)cc1. The minimum absolute atomic E-state index is 0.114. The molecule has 0 saturated carbocycles. The van der Waals surface area contributed by atoms with E-state index < -0.39 is 17.6 Å². The minimum atomic E-state index is -4.38. The summed E-state index contributed by atoms with van der Waals surface area (Å²) in [7, 11) is 0. The molecule has 4 rings (SSSR count). The van der Waals surface area contributed by atoms with Crippen molar-refractivity contribution in [2.75, 3.05) is 5.32 Å². The van der Waals surface area contributed by atoms with Gasteiger partial charge in [-0.05, 0) is 36.8 Å². The summed E-state index contributed by atoms with van der Waals surface area (Å²) in [5.74, 6) is -0.134. The van der Waals surface area contributed by atoms with Crippen LogP contribution in [0.25, 0.3) is 10.9 Å². The number of anilines is 1. The van der Waals surface area contributed by atoms with Gasteiger partial charge in [0.05, 0.1) is 17.6 Å². The van der Waals surface area contributed by atoms with Crippen LogP contribution in [0, 0.1) is 6.92 Å². The number of halogens is 3. The highest BCUT2D eigenvalue weighted by molar-refractivity contribution is 6.06. The van der Waals surface area contributed by atoms with Gasteiger partial charge < -0.3 is 9.73 Å². The van der Waals surface area contributed by atoms with Crippen molar-refractivity contribution in [3.05, 3.63) is 77.5 Å². The van der Waals surface area contributed by atoms with Crippen LogP contribution in [0.3, 0.4) is 0 Å². The van der Waals surface area contributed by atoms with Crippen LogP contribution in [-0.2, 0) is 12.7 Å². The number of aromatic nitrogens is 3. The molecule has 0 fully saturated rings. The van der Waals surface area contributed by atoms with Crippen molar-refractivity contribution in [3.63, 3.8) is 0 Å². The van der Waals surface area contributed by atoms with Gasteiger partial charge in [-0.25, -0.2) is 4.98 Å². The highest BCUT2D eigenvalue weighted by atomic mass is 19.4. The van der Waals surface area contributed by atoms with Crippen molar-refractivity contribution in [2.45, 2.75) is 19.6 Å². The van der Waals surface area contributed by atoms with Crippen LogP contribution in [0.2, 0.25) is 0 Å². The highest BCUT2D eigenvalue weighted by Crippen LogP contribution is 2.30. The largest absolute Gasteiger partial charge is 0.451 e. The van der Waals surface area contributed by atoms with Crippen LogP contribution in [0.15, 0.2) is 59.5 Å². The van der Waals surface area contributed by atoms with Gasteiger partial charge in [0.1, 0.15) is 6.26 Å². The zero-order valence-corrected chi connectivity index (χ0v) is 15.2. The molecule has 2 heterocycles. The molecule has 0 bridgehead atoms. The van der Waals surface area contributed by atoms with Crippen molar-refractivity contribution in [1.82, 2.24) is 14.8 Å². The molecule has 1 N–H and O–H groups in total. The van der Waals surface area contributed by atoms with Crippen LogP contribution in [0.1, 0.15) is 27.2 Å². The third kappa shape index (κ3) is 3.84. The van der Waals surface area contributed by atoms with E-state index in [0.717, 1.165) is 29.6 Å². The third-order valence-electron chi connectivity index (χ3n) is 4.42. The van der Waals surface area contributed by atoms with E-state index in [1.807, 2.05) is 25.1 Å². The Hall–Kier alpha value is -3.62. The maximum atomic E-state index is 12.8. The van der Waals surface area contributed by atoms with E-state index in [1.165, 1.54) is 18.4 Å². The Kier molecular flexibility index (Phi) is 4.57. The number of carbonyl (C=O) groups excluding carboxylic acids is 1. The fourth-order valence-electron chi connectivity index (χ4n) is 2.97. The smallest absolute Gasteiger partial charge is 0.416 e. The van der Waals surface area contributed by atoms with Gasteiger partial charge in [-0.3, -0.25) is 9.48 Å². The number of hydrogen-bond donors (Lipinski definition) is 1. The van der Waals surface area contributed by atoms with E-state index in [2.05, 4.69) is 15.4 Å². The molecule has 0 aliphatic carbocycles. The fourth-order valence-corrected chi connectivity index (χ4v) is 2.97. The highest BCUT2D eigenvalue weighted by Gasteiger charge is 2.30. The summed E-state index contributed by atoms with van der Waals surface area (Å²) >= 11 is 0. The predicted octanol–water partition coefficient (Wildman–Crippen LogP) is 4.65. The van der Waals surface area contributed by atoms with Crippen molar-refractivity contribution in [2.24, 2.45) is 0 Å². The van der Waals surface area contributed by atoms with Gasteiger partial charge in [-0.2, -0.15) is 18.3 Å². The van der Waals surface area contributed by atoms with Gasteiger partial charge in [0.2, 0.25) is 0 Å². The lowest BCUT2D eigenvalue weighted by atomic mass is 10.1. The minimum Gasteiger partial charge on any atom is -0.451 e. The van der Waals surface area contributed by atoms with E-state index in [9.17, 15) is 18.0 Å². The molecule has 0 aliphatic heterocycles. The van der Waals surface area contributed by atoms with Gasteiger partial charge in [-0.1, -0.05) is 23.8 Å². The number of hydrogen-bond acceptors (Lipinski definition) is 4. The second-order valence-electron chi connectivity index (χ2n) is 6.55. The zero-order valence-electron chi connectivity index (χ0n) is 15.2. The third-order valence-corrected chi connectivity index (χ3v) is 4.42. The molecule has 4 aromatic rings. The molecule has 0 radical (unpaired) electrons. The van der Waals surface area contributed by atoms with Crippen molar-refractivity contribution in [1.29, 1.82) is 0 Å². The first-order valence-corrected chi connectivity index (χ1v) is 8.64. The molecule has 0 spiro atoms. The van der Waals surface area contributed by atoms with Crippen molar-refractivity contribution < 1.29 is 22.4 Å². The first-order chi connectivity index (χ1) is 13.8. The van der Waals surface area contributed by atoms with Crippen LogP contribution >= 0.6 is 0 Å². The van der Waals surface area contributed by atoms with Crippen LogP contribution < -0.4 is 5.32 Å². The van der Waals surface area contributed by atoms with Crippen molar-refractivity contribution in [3.8, 4) is 0 Å². The standard InChI is InChI=1S/C20H15F3N4O2/c1-12-2-7-17-15(8-12)18(25-19(28)16-10-29-11-24-16)26-27(17)9-13-3-5-14(6-4-13)20(21,22)23/h2-8,10-11H,9H2,1H3,(H,25,26,28). The Labute approximate surface area is 163 Å². The molecule has 148 valence electrons. The number of fused-ring (bicyclic) bond motifs is 1. The maximum absolute atomic E-state index is 12.8. The van der Waals surface area contributed by atoms with Gasteiger partial charge in [0, 0.05) is 5.39 Å². The lowest BCUT2D eigenvalue weighted by molar-refractivity contribution is -0.137. The summed E-state index contributed by atoms with van der Waals surface area (Å²) < 4.78 is 44.7. The molecular formula is C20H15F3N4O2. The first kappa shape index (κ1) is 18.7. The topological polar surface area (TPSA) is 73.0 Å². The monoisotopic (exact) mass is 400 g/mol. The van der Waals surface area contributed by atoms with Crippen molar-refractivity contribution >= 4 is 22.6 Å². The summed E-state index contributed by atoms with van der Waals surface area (Å²) in [4.78, 5) is 16.1. The number of aryl methyl sites for hydroxylation is 1. The van der Waals surface area contributed by atoms with Gasteiger partial charge in [-0.15, -0.1) is 0 Å². The van der Waals surface area contributed by atoms with E-state index >= 15 is 0 Å². The number of amides is 1. The number of oxazole rings is 1. The number of alkyl halides is 3. The second-order valence-corrected chi connectivity index (χ2v) is 6.55. The number of benzene rings is 2. The van der Waals surface area contributed by atoms with E-state index in [-0.39, 0.29) is 12.2 Å². The molecule has 29 heavy (non-hydrogen) atoms. The zero-order chi connectivity index (χ0) is 20.6. The van der Waals surface area contributed by atoms with Crippen LogP contribution in [0.5, 0.6) is 0 Å². The Balaban J connectivity index is 1.67. The summed E-state index contributed by atoms with van der Waals surface area (Å²) in [6.07, 6.45) is -2.00. The van der Waals surface area contributed by atoms with Crippen LogP contribution in [-0.4, -0.2) is 20.7 Å². The average molecular weight is 400 g/mol. The lowest BCUT2D eigenvalue weighted by Gasteiger charge is -2.08. The molecule has 0 aliphatic rings. The molecular weight excluding hydrogens is 385 g/mol. The predicted molar refractivity (Wildman–Crippen MR) is 99.5 cm³/mol. The summed E-state index contributed by atoms with van der Waals surface area (Å²) in [6.45, 7) is 2.16. The molecule has 1 amide bonds. The number of rotatable bonds is 4. The van der Waals surface area contributed by atoms with Gasteiger partial charge in [0.25, 0.3) is 5.91 Å². The fraction of sp³-hybridized carbons (Fsp3) is 0.150. The second kappa shape index (κ2) is 7.08. The number of nitrogens with one attached hydrogen (secondary N) is 1. The first-order valence-electron chi connectivity index (χ1n) is 8.64. The summed E-state index contributed by atoms with van der Waals surface area (Å²) in [5.41, 5.74) is 1.78. The number of nitrogens with zero attached hydrogens (tertiary/aromatic N) is 3. The average Bonchev–Trinajstić information content (AvgIpc) is 3.31. The molecule has 2 aromatic heterocycles. The van der Waals surface area contributed by atoms with E-state index in [0.29, 0.717) is 16.8 Å². The summed E-state index contributed by atoms with van der Waals surface area (Å²) in [5, 5.41) is 7.87. The van der Waals surface area contributed by atoms with Gasteiger partial charge >= 0.3 is 6.18 Å². The Bertz CT molecular complexity index is 1160. The quantitative estimate of drug-likeness (QED) is 0.541. The molecule has 6 nitrogen and oxygen atoms in total. The Morgan fingerprint density at radius 3 is 2.59 bits per heavy atom. The van der Waals surface area contributed by atoms with E-state index in [1.54, 1.807) is 4.68 Å². The normalized spacial score (nSPS) is 11.7. The summed E-state index contributed by atoms with van der Waals surface area (Å²) in [6, 6.07) is 10.5. The molecule has 0 unspecified atom stereocenters. The molecule has 9 heteroatoms. The number of carbonyl (C=O) groups is 1. The van der Waals surface area contributed by atoms with Gasteiger partial charge in [0.15, 0.2) is 17.9 Å². The van der Waals surface area contributed by atoms with E-state index in [4.69, 9.17) is 4.42 Å². The molecule has 0 atom stereocenters. The Morgan fingerprint density at radius 2 is 1.93 bits per heavy atom. The maximum Gasteiger partial charge on any atom is 0.416 e. The van der Waals surface area contributed by atoms with Crippen LogP contribution in [0.4, 0.5) is 19.0 Å². The molecule has 0 saturated heterocycles. The molecule has 2 aromatic carbocycles.